The first kappa shape index (κ1) is 17.1. The first-order valence-corrected chi connectivity index (χ1v) is 8.03. The van der Waals surface area contributed by atoms with Crippen molar-refractivity contribution in [2.45, 2.75) is 39.5 Å². The van der Waals surface area contributed by atoms with Gasteiger partial charge in [-0.1, -0.05) is 44.2 Å². The summed E-state index contributed by atoms with van der Waals surface area (Å²) in [6.07, 6.45) is 1.19. The lowest BCUT2D eigenvalue weighted by Gasteiger charge is -2.13. The van der Waals surface area contributed by atoms with E-state index in [0.29, 0.717) is 12.3 Å². The summed E-state index contributed by atoms with van der Waals surface area (Å²) in [5, 5.41) is 3.04. The van der Waals surface area contributed by atoms with Gasteiger partial charge in [-0.2, -0.15) is 0 Å². The van der Waals surface area contributed by atoms with Crippen molar-refractivity contribution in [1.29, 1.82) is 0 Å². The largest absolute Gasteiger partial charge is 0.496 e. The molecular weight excluding hydrogens is 286 g/mol. The molecule has 23 heavy (non-hydrogen) atoms. The number of hydrogen-bond acceptors (Lipinski definition) is 2. The van der Waals surface area contributed by atoms with Crippen LogP contribution in [0.25, 0.3) is 0 Å². The number of carbonyl (C=O) groups excluding carboxylic acids is 1. The molecule has 1 N–H and O–H groups in total. The van der Waals surface area contributed by atoms with Crippen molar-refractivity contribution in [2.24, 2.45) is 0 Å². The van der Waals surface area contributed by atoms with E-state index in [1.165, 1.54) is 5.56 Å². The van der Waals surface area contributed by atoms with Crippen molar-refractivity contribution in [2.75, 3.05) is 12.4 Å². The molecule has 2 rings (SSSR count). The SMILES string of the molecule is COc1ccc(CCC(=O)Nc2ccccc2C(C)C)cc1C. The molecule has 3 nitrogen and oxygen atoms in total. The number of nitrogens with one attached hydrogen (secondary N) is 1. The van der Waals surface area contributed by atoms with E-state index < -0.39 is 0 Å². The maximum Gasteiger partial charge on any atom is 0.224 e. The predicted molar refractivity (Wildman–Crippen MR) is 95.2 cm³/mol. The number of amides is 1. The van der Waals surface area contributed by atoms with Crippen molar-refractivity contribution in [3.63, 3.8) is 0 Å². The third-order valence-electron chi connectivity index (χ3n) is 3.96. The molecule has 2 aromatic rings. The minimum atomic E-state index is 0.0478. The van der Waals surface area contributed by atoms with Gasteiger partial charge in [0.05, 0.1) is 7.11 Å². The molecule has 0 aliphatic carbocycles. The second-order valence-corrected chi connectivity index (χ2v) is 6.09. The van der Waals surface area contributed by atoms with Gasteiger partial charge in [0.25, 0.3) is 0 Å². The van der Waals surface area contributed by atoms with Gasteiger partial charge in [-0.25, -0.2) is 0 Å². The van der Waals surface area contributed by atoms with E-state index in [4.69, 9.17) is 4.74 Å². The van der Waals surface area contributed by atoms with Crippen LogP contribution in [0.4, 0.5) is 5.69 Å². The number of benzene rings is 2. The minimum Gasteiger partial charge on any atom is -0.496 e. The normalized spacial score (nSPS) is 10.7. The maximum atomic E-state index is 12.2. The van der Waals surface area contributed by atoms with Gasteiger partial charge in [-0.3, -0.25) is 4.79 Å². The lowest BCUT2D eigenvalue weighted by molar-refractivity contribution is -0.116. The highest BCUT2D eigenvalue weighted by molar-refractivity contribution is 5.91. The molecular formula is C20H25NO2. The molecule has 0 heterocycles. The summed E-state index contributed by atoms with van der Waals surface area (Å²) in [5.41, 5.74) is 4.32. The Labute approximate surface area is 138 Å². The van der Waals surface area contributed by atoms with Crippen LogP contribution in [0.15, 0.2) is 42.5 Å². The monoisotopic (exact) mass is 311 g/mol. The van der Waals surface area contributed by atoms with Crippen LogP contribution >= 0.6 is 0 Å². The van der Waals surface area contributed by atoms with Gasteiger partial charge >= 0.3 is 0 Å². The lowest BCUT2D eigenvalue weighted by atomic mass is 10.0. The van der Waals surface area contributed by atoms with Crippen LogP contribution < -0.4 is 10.1 Å². The van der Waals surface area contributed by atoms with Crippen molar-refractivity contribution in [1.82, 2.24) is 0 Å². The van der Waals surface area contributed by atoms with E-state index in [1.54, 1.807) is 7.11 Å². The van der Waals surface area contributed by atoms with Crippen LogP contribution in [-0.2, 0) is 11.2 Å². The lowest BCUT2D eigenvalue weighted by Crippen LogP contribution is -2.14. The second kappa shape index (κ2) is 7.82. The van der Waals surface area contributed by atoms with E-state index in [0.717, 1.165) is 29.0 Å². The molecule has 1 amide bonds. The van der Waals surface area contributed by atoms with Gasteiger partial charge in [-0.05, 0) is 48.1 Å². The molecule has 0 aliphatic rings. The van der Waals surface area contributed by atoms with Gasteiger partial charge in [0.15, 0.2) is 0 Å². The van der Waals surface area contributed by atoms with Crippen molar-refractivity contribution >= 4 is 11.6 Å². The summed E-state index contributed by atoms with van der Waals surface area (Å²) in [5.74, 6) is 1.31. The highest BCUT2D eigenvalue weighted by Crippen LogP contribution is 2.24. The van der Waals surface area contributed by atoms with Gasteiger partial charge in [0.2, 0.25) is 5.91 Å². The molecule has 0 aromatic heterocycles. The van der Waals surface area contributed by atoms with Crippen LogP contribution in [0.5, 0.6) is 5.75 Å². The van der Waals surface area contributed by atoms with Crippen LogP contribution in [-0.4, -0.2) is 13.0 Å². The number of hydrogen-bond donors (Lipinski definition) is 1. The fraction of sp³-hybridized carbons (Fsp3) is 0.350. The molecule has 0 unspecified atom stereocenters. The molecule has 0 radical (unpaired) electrons. The molecule has 2 aromatic carbocycles. The summed E-state index contributed by atoms with van der Waals surface area (Å²) in [6.45, 7) is 6.28. The summed E-state index contributed by atoms with van der Waals surface area (Å²) >= 11 is 0. The van der Waals surface area contributed by atoms with Crippen molar-refractivity contribution < 1.29 is 9.53 Å². The van der Waals surface area contributed by atoms with Crippen LogP contribution in [0.3, 0.4) is 0 Å². The standard InChI is InChI=1S/C20H25NO2/c1-14(2)17-7-5-6-8-18(17)21-20(22)12-10-16-9-11-19(23-4)15(3)13-16/h5-9,11,13-14H,10,12H2,1-4H3,(H,21,22). The summed E-state index contributed by atoms with van der Waals surface area (Å²) in [4.78, 5) is 12.2. The highest BCUT2D eigenvalue weighted by Gasteiger charge is 2.09. The third kappa shape index (κ3) is 4.59. The van der Waals surface area contributed by atoms with E-state index >= 15 is 0 Å². The average molecular weight is 311 g/mol. The Morgan fingerprint density at radius 1 is 1.17 bits per heavy atom. The van der Waals surface area contributed by atoms with E-state index in [2.05, 4.69) is 31.3 Å². The molecule has 122 valence electrons. The minimum absolute atomic E-state index is 0.0478. The Kier molecular flexibility index (Phi) is 5.80. The zero-order valence-corrected chi connectivity index (χ0v) is 14.3. The van der Waals surface area contributed by atoms with Gasteiger partial charge < -0.3 is 10.1 Å². The maximum absolute atomic E-state index is 12.2. The number of methoxy groups -OCH3 is 1. The Balaban J connectivity index is 1.97. The highest BCUT2D eigenvalue weighted by atomic mass is 16.5. The predicted octanol–water partition coefficient (Wildman–Crippen LogP) is 4.70. The molecule has 0 bridgehead atoms. The molecule has 0 atom stereocenters. The quantitative estimate of drug-likeness (QED) is 0.840. The fourth-order valence-corrected chi connectivity index (χ4v) is 2.68. The third-order valence-corrected chi connectivity index (χ3v) is 3.96. The first-order chi connectivity index (χ1) is 11.0. The van der Waals surface area contributed by atoms with Crippen LogP contribution in [0.2, 0.25) is 0 Å². The Morgan fingerprint density at radius 3 is 2.57 bits per heavy atom. The van der Waals surface area contributed by atoms with Gasteiger partial charge in [-0.15, -0.1) is 0 Å². The summed E-state index contributed by atoms with van der Waals surface area (Å²) in [6, 6.07) is 14.0. The number of para-hydroxylation sites is 1. The average Bonchev–Trinajstić information content (AvgIpc) is 2.53. The molecule has 3 heteroatoms. The Morgan fingerprint density at radius 2 is 1.91 bits per heavy atom. The first-order valence-electron chi connectivity index (χ1n) is 8.03. The molecule has 0 saturated heterocycles. The number of ether oxygens (including phenoxy) is 1. The number of aryl methyl sites for hydroxylation is 2. The zero-order valence-electron chi connectivity index (χ0n) is 14.3. The molecule has 0 aliphatic heterocycles. The summed E-state index contributed by atoms with van der Waals surface area (Å²) < 4.78 is 5.26. The molecule has 0 spiro atoms. The molecule has 0 fully saturated rings. The van der Waals surface area contributed by atoms with Gasteiger partial charge in [0, 0.05) is 12.1 Å². The Hall–Kier alpha value is -2.29. The number of anilines is 1. The smallest absolute Gasteiger partial charge is 0.224 e. The van der Waals surface area contributed by atoms with E-state index in [1.807, 2.05) is 37.3 Å². The second-order valence-electron chi connectivity index (χ2n) is 6.09. The summed E-state index contributed by atoms with van der Waals surface area (Å²) in [7, 11) is 1.67. The van der Waals surface area contributed by atoms with E-state index in [-0.39, 0.29) is 5.91 Å². The number of rotatable bonds is 6. The molecule has 0 saturated carbocycles. The van der Waals surface area contributed by atoms with Crippen molar-refractivity contribution in [3.05, 3.63) is 59.2 Å². The topological polar surface area (TPSA) is 38.3 Å². The van der Waals surface area contributed by atoms with Gasteiger partial charge in [0.1, 0.15) is 5.75 Å². The number of carbonyl (C=O) groups is 1. The Bertz CT molecular complexity index is 677. The van der Waals surface area contributed by atoms with E-state index in [9.17, 15) is 4.79 Å². The zero-order chi connectivity index (χ0) is 16.8. The fourth-order valence-electron chi connectivity index (χ4n) is 2.68. The van der Waals surface area contributed by atoms with Crippen molar-refractivity contribution in [3.8, 4) is 5.75 Å². The van der Waals surface area contributed by atoms with Crippen LogP contribution in [0.1, 0.15) is 42.9 Å². The van der Waals surface area contributed by atoms with Crippen LogP contribution in [0, 0.1) is 6.92 Å².